The minimum absolute atomic E-state index is 0.276. The Hall–Kier alpha value is -1.39. The maximum atomic E-state index is 13.5. The van der Waals surface area contributed by atoms with Gasteiger partial charge in [0, 0.05) is 15.8 Å². The van der Waals surface area contributed by atoms with Crippen molar-refractivity contribution in [3.8, 4) is 5.75 Å². The van der Waals surface area contributed by atoms with Crippen LogP contribution in [0.25, 0.3) is 0 Å². The van der Waals surface area contributed by atoms with E-state index in [2.05, 4.69) is 0 Å². The first-order valence-electron chi connectivity index (χ1n) is 4.85. The number of benzene rings is 1. The lowest BCUT2D eigenvalue weighted by Crippen LogP contribution is -2.11. The molecule has 1 unspecified atom stereocenters. The maximum Gasteiger partial charge on any atom is 0.129 e. The molecule has 2 rings (SSSR count). The Bertz CT molecular complexity index is 483. The highest BCUT2D eigenvalue weighted by Crippen LogP contribution is 2.30. The molecule has 0 amide bonds. The maximum absolute atomic E-state index is 13.5. The van der Waals surface area contributed by atoms with Crippen molar-refractivity contribution in [2.75, 3.05) is 7.11 Å². The van der Waals surface area contributed by atoms with Crippen molar-refractivity contribution in [2.45, 2.75) is 6.04 Å². The summed E-state index contributed by atoms with van der Waals surface area (Å²) in [6.07, 6.45) is 0. The quantitative estimate of drug-likeness (QED) is 0.890. The predicted octanol–water partition coefficient (Wildman–Crippen LogP) is 2.94. The van der Waals surface area contributed by atoms with Crippen molar-refractivity contribution in [3.63, 3.8) is 0 Å². The van der Waals surface area contributed by atoms with Gasteiger partial charge in [-0.1, -0.05) is 18.2 Å². The normalized spacial score (nSPS) is 12.4. The van der Waals surface area contributed by atoms with E-state index in [-0.39, 0.29) is 5.82 Å². The molecule has 0 aliphatic heterocycles. The minimum Gasteiger partial charge on any atom is -0.496 e. The van der Waals surface area contributed by atoms with Crippen LogP contribution in [-0.2, 0) is 0 Å². The zero-order chi connectivity index (χ0) is 11.5. The topological polar surface area (TPSA) is 35.2 Å². The van der Waals surface area contributed by atoms with Gasteiger partial charge in [0.05, 0.1) is 13.2 Å². The molecule has 1 heterocycles. The molecule has 1 aromatic carbocycles. The SMILES string of the molecule is COc1csc(C(N)c2ccccc2F)c1. The van der Waals surface area contributed by atoms with Crippen molar-refractivity contribution >= 4 is 11.3 Å². The molecule has 2 nitrogen and oxygen atoms in total. The molecule has 2 N–H and O–H groups in total. The smallest absolute Gasteiger partial charge is 0.129 e. The van der Waals surface area contributed by atoms with Crippen LogP contribution in [0.5, 0.6) is 5.75 Å². The summed E-state index contributed by atoms with van der Waals surface area (Å²) in [4.78, 5) is 0.891. The van der Waals surface area contributed by atoms with E-state index in [1.807, 2.05) is 11.4 Å². The zero-order valence-electron chi connectivity index (χ0n) is 8.81. The third-order valence-electron chi connectivity index (χ3n) is 2.38. The van der Waals surface area contributed by atoms with Gasteiger partial charge in [-0.2, -0.15) is 0 Å². The molecular formula is C12H12FNOS. The van der Waals surface area contributed by atoms with Gasteiger partial charge in [0.15, 0.2) is 0 Å². The second kappa shape index (κ2) is 4.63. The number of ether oxygens (including phenoxy) is 1. The molecule has 1 aromatic heterocycles. The average molecular weight is 237 g/mol. The molecule has 4 heteroatoms. The fraction of sp³-hybridized carbons (Fsp3) is 0.167. The highest BCUT2D eigenvalue weighted by atomic mass is 32.1. The van der Waals surface area contributed by atoms with Gasteiger partial charge in [0.25, 0.3) is 0 Å². The Morgan fingerprint density at radius 3 is 2.75 bits per heavy atom. The lowest BCUT2D eigenvalue weighted by Gasteiger charge is -2.10. The van der Waals surface area contributed by atoms with E-state index >= 15 is 0 Å². The molecule has 1 atom stereocenters. The van der Waals surface area contributed by atoms with Crippen LogP contribution in [-0.4, -0.2) is 7.11 Å². The number of methoxy groups -OCH3 is 1. The summed E-state index contributed by atoms with van der Waals surface area (Å²) in [5, 5.41) is 1.86. The van der Waals surface area contributed by atoms with Gasteiger partial charge in [-0.25, -0.2) is 4.39 Å². The van der Waals surface area contributed by atoms with E-state index in [0.717, 1.165) is 10.6 Å². The van der Waals surface area contributed by atoms with E-state index in [1.54, 1.807) is 25.3 Å². The van der Waals surface area contributed by atoms with Gasteiger partial charge < -0.3 is 10.5 Å². The summed E-state index contributed by atoms with van der Waals surface area (Å²) in [5.41, 5.74) is 6.51. The summed E-state index contributed by atoms with van der Waals surface area (Å²) < 4.78 is 18.6. The average Bonchev–Trinajstić information content (AvgIpc) is 2.77. The van der Waals surface area contributed by atoms with Crippen molar-refractivity contribution in [1.29, 1.82) is 0 Å². The fourth-order valence-corrected chi connectivity index (χ4v) is 2.36. The summed E-state index contributed by atoms with van der Waals surface area (Å²) in [7, 11) is 1.60. The van der Waals surface area contributed by atoms with E-state index in [0.29, 0.717) is 5.56 Å². The first-order valence-corrected chi connectivity index (χ1v) is 5.72. The molecule has 0 fully saturated rings. The molecule has 84 valence electrons. The number of hydrogen-bond acceptors (Lipinski definition) is 3. The van der Waals surface area contributed by atoms with Crippen LogP contribution in [0, 0.1) is 5.82 Å². The van der Waals surface area contributed by atoms with Crippen LogP contribution in [0.1, 0.15) is 16.5 Å². The molecule has 2 aromatic rings. The molecule has 0 bridgehead atoms. The molecule has 0 saturated heterocycles. The summed E-state index contributed by atoms with van der Waals surface area (Å²) in [5.74, 6) is 0.481. The van der Waals surface area contributed by atoms with E-state index in [1.165, 1.54) is 17.4 Å². The number of thiophene rings is 1. The lowest BCUT2D eigenvalue weighted by molar-refractivity contribution is 0.416. The standard InChI is InChI=1S/C12H12FNOS/c1-15-8-6-11(16-7-8)12(14)9-4-2-3-5-10(9)13/h2-7,12H,14H2,1H3. The van der Waals surface area contributed by atoms with Gasteiger partial charge in [-0.15, -0.1) is 11.3 Å². The van der Waals surface area contributed by atoms with Gasteiger partial charge in [0.2, 0.25) is 0 Å². The van der Waals surface area contributed by atoms with Crippen LogP contribution in [0.3, 0.4) is 0 Å². The Labute approximate surface area is 97.5 Å². The van der Waals surface area contributed by atoms with Crippen LogP contribution in [0.15, 0.2) is 35.7 Å². The van der Waals surface area contributed by atoms with E-state index in [9.17, 15) is 4.39 Å². The molecule has 0 radical (unpaired) electrons. The van der Waals surface area contributed by atoms with Gasteiger partial charge in [-0.05, 0) is 12.1 Å². The fourth-order valence-electron chi connectivity index (χ4n) is 1.49. The second-order valence-electron chi connectivity index (χ2n) is 3.39. The molecule has 0 spiro atoms. The first-order chi connectivity index (χ1) is 7.72. The summed E-state index contributed by atoms with van der Waals surface area (Å²) in [6.45, 7) is 0. The Morgan fingerprint density at radius 1 is 1.38 bits per heavy atom. The third kappa shape index (κ3) is 2.08. The predicted molar refractivity (Wildman–Crippen MR) is 63.3 cm³/mol. The van der Waals surface area contributed by atoms with Crippen molar-refractivity contribution in [2.24, 2.45) is 5.73 Å². The van der Waals surface area contributed by atoms with Crippen molar-refractivity contribution < 1.29 is 9.13 Å². The highest BCUT2D eigenvalue weighted by Gasteiger charge is 2.15. The third-order valence-corrected chi connectivity index (χ3v) is 3.37. The highest BCUT2D eigenvalue weighted by molar-refractivity contribution is 7.10. The number of halogens is 1. The van der Waals surface area contributed by atoms with Crippen LogP contribution in [0.4, 0.5) is 4.39 Å². The largest absolute Gasteiger partial charge is 0.496 e. The van der Waals surface area contributed by atoms with Gasteiger partial charge >= 0.3 is 0 Å². The van der Waals surface area contributed by atoms with Crippen molar-refractivity contribution in [3.05, 3.63) is 52.0 Å². The van der Waals surface area contributed by atoms with Crippen LogP contribution >= 0.6 is 11.3 Å². The molecule has 0 aliphatic carbocycles. The molecule has 0 saturated carbocycles. The van der Waals surface area contributed by atoms with Crippen LogP contribution < -0.4 is 10.5 Å². The monoisotopic (exact) mass is 237 g/mol. The Balaban J connectivity index is 2.31. The lowest BCUT2D eigenvalue weighted by atomic mass is 10.1. The van der Waals surface area contributed by atoms with E-state index < -0.39 is 6.04 Å². The molecule has 0 aliphatic rings. The molecular weight excluding hydrogens is 225 g/mol. The Morgan fingerprint density at radius 2 is 2.12 bits per heavy atom. The Kier molecular flexibility index (Phi) is 3.22. The first kappa shape index (κ1) is 11.1. The van der Waals surface area contributed by atoms with Gasteiger partial charge in [0.1, 0.15) is 11.6 Å². The summed E-state index contributed by atoms with van der Waals surface area (Å²) >= 11 is 1.47. The molecule has 16 heavy (non-hydrogen) atoms. The minimum atomic E-state index is -0.435. The number of nitrogens with two attached hydrogens (primary N) is 1. The summed E-state index contributed by atoms with van der Waals surface area (Å²) in [6, 6.07) is 7.95. The zero-order valence-corrected chi connectivity index (χ0v) is 9.63. The number of rotatable bonds is 3. The van der Waals surface area contributed by atoms with E-state index in [4.69, 9.17) is 10.5 Å². The van der Waals surface area contributed by atoms with Crippen LogP contribution in [0.2, 0.25) is 0 Å². The van der Waals surface area contributed by atoms with Crippen molar-refractivity contribution in [1.82, 2.24) is 0 Å². The van der Waals surface area contributed by atoms with Gasteiger partial charge in [-0.3, -0.25) is 0 Å². The second-order valence-corrected chi connectivity index (χ2v) is 4.33. The number of hydrogen-bond donors (Lipinski definition) is 1.